The molecular weight excluding hydrogens is 262 g/mol. The number of fused-ring (bicyclic) bond motifs is 2. The number of anilines is 1. The maximum absolute atomic E-state index is 6.02. The van der Waals surface area contributed by atoms with Crippen LogP contribution in [0.25, 0.3) is 0 Å². The average molecular weight is 289 g/mol. The Labute approximate surface area is 126 Å². The van der Waals surface area contributed by atoms with E-state index in [4.69, 9.17) is 10.7 Å². The third kappa shape index (κ3) is 2.45. The van der Waals surface area contributed by atoms with Gasteiger partial charge in [-0.3, -0.25) is 5.10 Å². The van der Waals surface area contributed by atoms with Crippen molar-refractivity contribution in [3.63, 3.8) is 0 Å². The predicted molar refractivity (Wildman–Crippen MR) is 83.2 cm³/mol. The smallest absolute Gasteiger partial charge is 0.244 e. The SMILES string of the molecule is CC(N)C1CCN(c2n[nH]c(C3CC4CCC3C4)n2)CC1. The van der Waals surface area contributed by atoms with Gasteiger partial charge in [0.2, 0.25) is 5.95 Å². The summed E-state index contributed by atoms with van der Waals surface area (Å²) in [6.07, 6.45) is 7.90. The fraction of sp³-hybridized carbons (Fsp3) is 0.875. The van der Waals surface area contributed by atoms with E-state index in [1.165, 1.54) is 25.7 Å². The van der Waals surface area contributed by atoms with Crippen molar-refractivity contribution in [3.05, 3.63) is 5.82 Å². The van der Waals surface area contributed by atoms with Crippen LogP contribution in [0.4, 0.5) is 5.95 Å². The van der Waals surface area contributed by atoms with Gasteiger partial charge >= 0.3 is 0 Å². The summed E-state index contributed by atoms with van der Waals surface area (Å²) in [5, 5.41) is 7.73. The molecule has 0 amide bonds. The molecule has 3 fully saturated rings. The highest BCUT2D eigenvalue weighted by Crippen LogP contribution is 2.52. The highest BCUT2D eigenvalue weighted by Gasteiger charge is 2.41. The Morgan fingerprint density at radius 3 is 2.62 bits per heavy atom. The summed E-state index contributed by atoms with van der Waals surface area (Å²) < 4.78 is 0. The number of hydrogen-bond donors (Lipinski definition) is 2. The number of nitrogens with zero attached hydrogens (tertiary/aromatic N) is 3. The molecule has 4 unspecified atom stereocenters. The molecule has 116 valence electrons. The van der Waals surface area contributed by atoms with Gasteiger partial charge < -0.3 is 10.6 Å². The molecule has 1 aromatic rings. The molecule has 0 aromatic carbocycles. The van der Waals surface area contributed by atoms with Crippen molar-refractivity contribution in [2.75, 3.05) is 18.0 Å². The summed E-state index contributed by atoms with van der Waals surface area (Å²) >= 11 is 0. The van der Waals surface area contributed by atoms with E-state index in [0.29, 0.717) is 17.9 Å². The van der Waals surface area contributed by atoms with Crippen molar-refractivity contribution in [3.8, 4) is 0 Å². The number of nitrogens with one attached hydrogen (secondary N) is 1. The van der Waals surface area contributed by atoms with Gasteiger partial charge in [-0.1, -0.05) is 6.42 Å². The molecule has 1 aromatic heterocycles. The number of aromatic amines is 1. The Balaban J connectivity index is 1.41. The lowest BCUT2D eigenvalue weighted by Crippen LogP contribution is -2.40. The highest BCUT2D eigenvalue weighted by molar-refractivity contribution is 5.30. The fourth-order valence-corrected chi connectivity index (χ4v) is 4.78. The minimum absolute atomic E-state index is 0.309. The minimum atomic E-state index is 0.309. The van der Waals surface area contributed by atoms with Gasteiger partial charge in [0, 0.05) is 25.0 Å². The molecule has 3 N–H and O–H groups in total. The van der Waals surface area contributed by atoms with E-state index in [0.717, 1.165) is 49.5 Å². The molecule has 0 spiro atoms. The third-order valence-corrected chi connectivity index (χ3v) is 6.15. The summed E-state index contributed by atoms with van der Waals surface area (Å²) in [6, 6.07) is 0.309. The number of hydrogen-bond acceptors (Lipinski definition) is 4. The lowest BCUT2D eigenvalue weighted by Gasteiger charge is -2.33. The largest absolute Gasteiger partial charge is 0.340 e. The van der Waals surface area contributed by atoms with Crippen molar-refractivity contribution in [2.45, 2.75) is 57.4 Å². The van der Waals surface area contributed by atoms with Crippen LogP contribution in [0.3, 0.4) is 0 Å². The Bertz CT molecular complexity index is 489. The molecule has 2 bridgehead atoms. The minimum Gasteiger partial charge on any atom is -0.340 e. The van der Waals surface area contributed by atoms with Crippen LogP contribution in [0.2, 0.25) is 0 Å². The predicted octanol–water partition coefficient (Wildman–Crippen LogP) is 2.27. The first-order valence-corrected chi connectivity index (χ1v) is 8.63. The summed E-state index contributed by atoms with van der Waals surface area (Å²) in [6.45, 7) is 4.21. The maximum atomic E-state index is 6.02. The van der Waals surface area contributed by atoms with E-state index < -0.39 is 0 Å². The van der Waals surface area contributed by atoms with Crippen molar-refractivity contribution >= 4 is 5.95 Å². The molecular formula is C16H27N5. The lowest BCUT2D eigenvalue weighted by molar-refractivity contribution is 0.352. The van der Waals surface area contributed by atoms with Gasteiger partial charge in [0.05, 0.1) is 0 Å². The lowest BCUT2D eigenvalue weighted by atomic mass is 9.88. The van der Waals surface area contributed by atoms with Crippen molar-refractivity contribution in [1.82, 2.24) is 15.2 Å². The van der Waals surface area contributed by atoms with E-state index in [2.05, 4.69) is 22.0 Å². The number of rotatable bonds is 3. The molecule has 3 aliphatic rings. The van der Waals surface area contributed by atoms with Gasteiger partial charge in [-0.15, -0.1) is 5.10 Å². The zero-order valence-corrected chi connectivity index (χ0v) is 13.0. The first-order chi connectivity index (χ1) is 10.2. The van der Waals surface area contributed by atoms with Crippen LogP contribution in [0.15, 0.2) is 0 Å². The second kappa shape index (κ2) is 5.27. The van der Waals surface area contributed by atoms with Crippen molar-refractivity contribution in [1.29, 1.82) is 0 Å². The van der Waals surface area contributed by atoms with E-state index in [9.17, 15) is 0 Å². The Hall–Kier alpha value is -1.10. The van der Waals surface area contributed by atoms with Crippen LogP contribution < -0.4 is 10.6 Å². The molecule has 21 heavy (non-hydrogen) atoms. The summed E-state index contributed by atoms with van der Waals surface area (Å²) in [7, 11) is 0. The van der Waals surface area contributed by atoms with Crippen LogP contribution in [-0.2, 0) is 0 Å². The number of piperidine rings is 1. The van der Waals surface area contributed by atoms with Crippen molar-refractivity contribution in [2.24, 2.45) is 23.5 Å². The molecule has 5 nitrogen and oxygen atoms in total. The van der Waals surface area contributed by atoms with Crippen LogP contribution in [-0.4, -0.2) is 34.3 Å². The Morgan fingerprint density at radius 2 is 2.00 bits per heavy atom. The molecule has 2 saturated carbocycles. The number of H-pyrrole nitrogens is 1. The van der Waals surface area contributed by atoms with Crippen LogP contribution >= 0.6 is 0 Å². The topological polar surface area (TPSA) is 70.8 Å². The summed E-state index contributed by atoms with van der Waals surface area (Å²) in [5.74, 6) is 5.18. The number of aromatic nitrogens is 3. The van der Waals surface area contributed by atoms with Gasteiger partial charge in [0.25, 0.3) is 0 Å². The molecule has 2 aliphatic carbocycles. The second-order valence-electron chi connectivity index (χ2n) is 7.49. The van der Waals surface area contributed by atoms with E-state index in [1.54, 1.807) is 0 Å². The zero-order chi connectivity index (χ0) is 14.4. The standard InChI is InChI=1S/C16H27N5/c1-10(17)12-4-6-21(7-5-12)16-18-15(19-20-16)14-9-11-2-3-13(14)8-11/h10-14H,2-9,17H2,1H3,(H,18,19,20). The fourth-order valence-electron chi connectivity index (χ4n) is 4.78. The van der Waals surface area contributed by atoms with Crippen LogP contribution in [0, 0.1) is 17.8 Å². The van der Waals surface area contributed by atoms with E-state index in [1.807, 2.05) is 0 Å². The number of nitrogens with two attached hydrogens (primary N) is 1. The first kappa shape index (κ1) is 13.6. The van der Waals surface area contributed by atoms with E-state index >= 15 is 0 Å². The quantitative estimate of drug-likeness (QED) is 0.895. The van der Waals surface area contributed by atoms with Crippen molar-refractivity contribution < 1.29 is 0 Å². The highest BCUT2D eigenvalue weighted by atomic mass is 15.4. The molecule has 0 radical (unpaired) electrons. The molecule has 1 aliphatic heterocycles. The normalized spacial score (nSPS) is 34.6. The second-order valence-corrected chi connectivity index (χ2v) is 7.49. The van der Waals surface area contributed by atoms with Gasteiger partial charge in [-0.05, 0) is 56.8 Å². The maximum Gasteiger partial charge on any atom is 0.244 e. The zero-order valence-electron chi connectivity index (χ0n) is 13.0. The van der Waals surface area contributed by atoms with Gasteiger partial charge in [-0.25, -0.2) is 0 Å². The molecule has 1 saturated heterocycles. The monoisotopic (exact) mass is 289 g/mol. The summed E-state index contributed by atoms with van der Waals surface area (Å²) in [4.78, 5) is 7.16. The Morgan fingerprint density at radius 1 is 1.19 bits per heavy atom. The van der Waals surface area contributed by atoms with Crippen LogP contribution in [0.1, 0.15) is 57.2 Å². The van der Waals surface area contributed by atoms with Crippen LogP contribution in [0.5, 0.6) is 0 Å². The van der Waals surface area contributed by atoms with Gasteiger partial charge in [0.1, 0.15) is 5.82 Å². The molecule has 4 rings (SSSR count). The Kier molecular flexibility index (Phi) is 3.40. The molecule has 4 atom stereocenters. The average Bonchev–Trinajstić information content (AvgIpc) is 3.23. The van der Waals surface area contributed by atoms with Gasteiger partial charge in [0.15, 0.2) is 0 Å². The summed E-state index contributed by atoms with van der Waals surface area (Å²) in [5.41, 5.74) is 6.02. The first-order valence-electron chi connectivity index (χ1n) is 8.63. The molecule has 5 heteroatoms. The third-order valence-electron chi connectivity index (χ3n) is 6.15. The van der Waals surface area contributed by atoms with Gasteiger partial charge in [-0.2, -0.15) is 4.98 Å². The molecule has 2 heterocycles. The van der Waals surface area contributed by atoms with E-state index in [-0.39, 0.29) is 0 Å².